The average Bonchev–Trinajstić information content (AvgIpc) is 2.92. The Bertz CT molecular complexity index is 1320. The highest BCUT2D eigenvalue weighted by atomic mass is 16.5. The summed E-state index contributed by atoms with van der Waals surface area (Å²) in [6.45, 7) is 11.5. The second-order valence-electron chi connectivity index (χ2n) is 10.2. The molecule has 216 valence electrons. The smallest absolute Gasteiger partial charge is 0.237 e. The zero-order chi connectivity index (χ0) is 29.2. The van der Waals surface area contributed by atoms with Gasteiger partial charge in [-0.3, -0.25) is 14.6 Å². The van der Waals surface area contributed by atoms with Crippen LogP contribution in [0.5, 0.6) is 11.5 Å². The maximum Gasteiger partial charge on any atom is 0.237 e. The highest BCUT2D eigenvalue weighted by Gasteiger charge is 2.18. The zero-order valence-corrected chi connectivity index (χ0v) is 24.3. The van der Waals surface area contributed by atoms with Gasteiger partial charge in [0.25, 0.3) is 0 Å². The van der Waals surface area contributed by atoms with Gasteiger partial charge in [0.15, 0.2) is 11.5 Å². The first-order chi connectivity index (χ1) is 19.2. The van der Waals surface area contributed by atoms with E-state index in [2.05, 4.69) is 36.4 Å². The SMILES string of the molecule is CCOc1cc2ncc(CC(N)=O)c(Nc3cccc(CNC(=O)[C@@H](N)CCC(C)C)c3CC)c2cc1OCC. The lowest BCUT2D eigenvalue weighted by atomic mass is 10.0. The van der Waals surface area contributed by atoms with Gasteiger partial charge < -0.3 is 31.6 Å². The molecule has 0 fully saturated rings. The lowest BCUT2D eigenvalue weighted by molar-refractivity contribution is -0.122. The minimum atomic E-state index is -0.533. The lowest BCUT2D eigenvalue weighted by Gasteiger charge is -2.20. The minimum Gasteiger partial charge on any atom is -0.490 e. The number of nitrogens with one attached hydrogen (secondary N) is 2. The third kappa shape index (κ3) is 7.85. The predicted molar refractivity (Wildman–Crippen MR) is 160 cm³/mol. The van der Waals surface area contributed by atoms with Crippen LogP contribution in [0, 0.1) is 5.92 Å². The monoisotopic (exact) mass is 549 g/mol. The fourth-order valence-corrected chi connectivity index (χ4v) is 4.67. The van der Waals surface area contributed by atoms with Crippen LogP contribution in [0.4, 0.5) is 11.4 Å². The zero-order valence-electron chi connectivity index (χ0n) is 24.3. The van der Waals surface area contributed by atoms with Crippen molar-refractivity contribution in [2.75, 3.05) is 18.5 Å². The van der Waals surface area contributed by atoms with E-state index in [1.165, 1.54) is 0 Å². The lowest BCUT2D eigenvalue weighted by Crippen LogP contribution is -2.40. The Morgan fingerprint density at radius 1 is 1.00 bits per heavy atom. The molecule has 2 amide bonds. The third-order valence-electron chi connectivity index (χ3n) is 6.71. The molecule has 6 N–H and O–H groups in total. The molecule has 0 bridgehead atoms. The van der Waals surface area contributed by atoms with Crippen LogP contribution < -0.4 is 31.6 Å². The van der Waals surface area contributed by atoms with Gasteiger partial charge in [0.1, 0.15) is 0 Å². The van der Waals surface area contributed by atoms with Crippen LogP contribution in [-0.4, -0.2) is 36.1 Å². The molecular weight excluding hydrogens is 506 g/mol. The number of carbonyl (C=O) groups is 2. The van der Waals surface area contributed by atoms with Gasteiger partial charge in [-0.2, -0.15) is 0 Å². The van der Waals surface area contributed by atoms with Gasteiger partial charge >= 0.3 is 0 Å². The summed E-state index contributed by atoms with van der Waals surface area (Å²) in [6, 6.07) is 9.12. The highest BCUT2D eigenvalue weighted by molar-refractivity contribution is 5.98. The average molecular weight is 550 g/mol. The Balaban J connectivity index is 2.00. The Morgan fingerprint density at radius 2 is 1.70 bits per heavy atom. The number of carbonyl (C=O) groups excluding carboxylic acids is 2. The molecule has 0 saturated heterocycles. The first-order valence-corrected chi connectivity index (χ1v) is 14.1. The standard InChI is InChI=1S/C31H43N5O4/c1-6-22-20(17-35-31(38)24(32)13-12-19(4)5)10-9-11-25(22)36-30-21(14-29(33)37)18-34-26-16-28(40-8-3)27(39-7-2)15-23(26)30/h9-11,15-16,18-19,24H,6-8,12-14,17,32H2,1-5H3,(H2,33,37)(H,34,36)(H,35,38)/t24-/m0/s1. The summed E-state index contributed by atoms with van der Waals surface area (Å²) in [5, 5.41) is 7.35. The van der Waals surface area contributed by atoms with E-state index in [1.807, 2.05) is 44.2 Å². The van der Waals surface area contributed by atoms with Crippen LogP contribution in [0.25, 0.3) is 10.9 Å². The van der Waals surface area contributed by atoms with Gasteiger partial charge in [0.2, 0.25) is 11.8 Å². The molecule has 1 aromatic heterocycles. The number of pyridine rings is 1. The van der Waals surface area contributed by atoms with Crippen molar-refractivity contribution in [1.82, 2.24) is 10.3 Å². The van der Waals surface area contributed by atoms with Crippen molar-refractivity contribution >= 4 is 34.1 Å². The maximum atomic E-state index is 12.6. The third-order valence-corrected chi connectivity index (χ3v) is 6.71. The first kappa shape index (κ1) is 30.7. The van der Waals surface area contributed by atoms with Crippen LogP contribution in [0.1, 0.15) is 64.2 Å². The molecule has 0 aliphatic rings. The quantitative estimate of drug-likeness (QED) is 0.214. The number of rotatable bonds is 15. The van der Waals surface area contributed by atoms with Crippen molar-refractivity contribution in [1.29, 1.82) is 0 Å². The molecule has 0 saturated carbocycles. The van der Waals surface area contributed by atoms with E-state index >= 15 is 0 Å². The number of amides is 2. The van der Waals surface area contributed by atoms with Crippen LogP contribution >= 0.6 is 0 Å². The number of anilines is 2. The number of hydrogen-bond donors (Lipinski definition) is 4. The number of benzene rings is 2. The van der Waals surface area contributed by atoms with E-state index in [1.54, 1.807) is 6.20 Å². The Morgan fingerprint density at radius 3 is 2.33 bits per heavy atom. The number of fused-ring (bicyclic) bond motifs is 1. The molecule has 1 atom stereocenters. The second kappa shape index (κ2) is 14.5. The molecule has 0 spiro atoms. The summed E-state index contributed by atoms with van der Waals surface area (Å²) in [4.78, 5) is 29.2. The van der Waals surface area contributed by atoms with E-state index in [9.17, 15) is 9.59 Å². The summed E-state index contributed by atoms with van der Waals surface area (Å²) >= 11 is 0. The van der Waals surface area contributed by atoms with Gasteiger partial charge in [-0.15, -0.1) is 0 Å². The summed E-state index contributed by atoms with van der Waals surface area (Å²) in [6.07, 6.45) is 3.96. The van der Waals surface area contributed by atoms with E-state index in [-0.39, 0.29) is 12.3 Å². The maximum absolute atomic E-state index is 12.6. The van der Waals surface area contributed by atoms with Gasteiger partial charge in [0, 0.05) is 35.4 Å². The number of primary amides is 1. The van der Waals surface area contributed by atoms with Gasteiger partial charge in [0.05, 0.1) is 36.9 Å². The molecule has 0 unspecified atom stereocenters. The van der Waals surface area contributed by atoms with Gasteiger partial charge in [-0.25, -0.2) is 0 Å². The van der Waals surface area contributed by atoms with Crippen LogP contribution in [0.15, 0.2) is 36.5 Å². The number of nitrogens with zero attached hydrogens (tertiary/aromatic N) is 1. The minimum absolute atomic E-state index is 0.0218. The van der Waals surface area contributed by atoms with Crippen LogP contribution in [0.3, 0.4) is 0 Å². The highest BCUT2D eigenvalue weighted by Crippen LogP contribution is 2.38. The number of hydrogen-bond acceptors (Lipinski definition) is 7. The molecule has 0 aliphatic carbocycles. The van der Waals surface area contributed by atoms with E-state index < -0.39 is 11.9 Å². The summed E-state index contributed by atoms with van der Waals surface area (Å²) in [5.41, 5.74) is 16.7. The molecule has 0 aliphatic heterocycles. The van der Waals surface area contributed by atoms with Crippen LogP contribution in [-0.2, 0) is 29.0 Å². The second-order valence-corrected chi connectivity index (χ2v) is 10.2. The Kier molecular flexibility index (Phi) is 11.1. The van der Waals surface area contributed by atoms with Crippen molar-refractivity contribution in [2.45, 2.75) is 72.9 Å². The number of aromatic nitrogens is 1. The molecule has 2 aromatic carbocycles. The van der Waals surface area contributed by atoms with Crippen molar-refractivity contribution in [2.24, 2.45) is 17.4 Å². The molecule has 0 radical (unpaired) electrons. The molecule has 1 heterocycles. The first-order valence-electron chi connectivity index (χ1n) is 14.1. The van der Waals surface area contributed by atoms with Gasteiger partial charge in [-0.05, 0) is 62.3 Å². The summed E-state index contributed by atoms with van der Waals surface area (Å²) in [7, 11) is 0. The molecule has 3 rings (SSSR count). The fourth-order valence-electron chi connectivity index (χ4n) is 4.67. The number of nitrogens with two attached hydrogens (primary N) is 2. The molecule has 9 nitrogen and oxygen atoms in total. The molecule has 3 aromatic rings. The molecule has 9 heteroatoms. The Labute approximate surface area is 237 Å². The summed E-state index contributed by atoms with van der Waals surface area (Å²) < 4.78 is 11.7. The fraction of sp³-hybridized carbons (Fsp3) is 0.452. The molecule has 40 heavy (non-hydrogen) atoms. The van der Waals surface area contributed by atoms with E-state index in [0.29, 0.717) is 54.7 Å². The van der Waals surface area contributed by atoms with Crippen molar-refractivity contribution in [3.05, 3.63) is 53.2 Å². The molecular formula is C31H43N5O4. The van der Waals surface area contributed by atoms with Crippen LogP contribution in [0.2, 0.25) is 0 Å². The Hall–Kier alpha value is -3.85. The van der Waals surface area contributed by atoms with Crippen molar-refractivity contribution in [3.63, 3.8) is 0 Å². The van der Waals surface area contributed by atoms with E-state index in [4.69, 9.17) is 20.9 Å². The van der Waals surface area contributed by atoms with E-state index in [0.717, 1.165) is 40.7 Å². The van der Waals surface area contributed by atoms with Crippen molar-refractivity contribution in [3.8, 4) is 11.5 Å². The topological polar surface area (TPSA) is 142 Å². The van der Waals surface area contributed by atoms with Gasteiger partial charge in [-0.1, -0.05) is 32.9 Å². The summed E-state index contributed by atoms with van der Waals surface area (Å²) in [5.74, 6) is 1.09. The predicted octanol–water partition coefficient (Wildman–Crippen LogP) is 4.75. The van der Waals surface area contributed by atoms with Crippen molar-refractivity contribution < 1.29 is 19.1 Å². The number of ether oxygens (including phenoxy) is 2. The normalized spacial score (nSPS) is 11.9. The largest absolute Gasteiger partial charge is 0.490 e.